The van der Waals surface area contributed by atoms with Gasteiger partial charge in [0.1, 0.15) is 5.75 Å². The lowest BCUT2D eigenvalue weighted by Crippen LogP contribution is -2.62. The van der Waals surface area contributed by atoms with Crippen LogP contribution in [0.5, 0.6) is 5.75 Å². The van der Waals surface area contributed by atoms with Crippen molar-refractivity contribution >= 4 is 11.9 Å². The highest BCUT2D eigenvalue weighted by atomic mass is 19.3. The van der Waals surface area contributed by atoms with E-state index in [2.05, 4.69) is 16.1 Å². The second-order valence-electron chi connectivity index (χ2n) is 6.65. The smallest absolute Gasteiger partial charge is 0.387 e. The van der Waals surface area contributed by atoms with Gasteiger partial charge in [-0.05, 0) is 42.3 Å². The predicted molar refractivity (Wildman–Crippen MR) is 98.0 cm³/mol. The lowest BCUT2D eigenvalue weighted by atomic mass is 9.73. The first-order chi connectivity index (χ1) is 13.3. The summed E-state index contributed by atoms with van der Waals surface area (Å²) in [6.45, 7) is -1.16. The molecule has 2 N–H and O–H groups in total. The number of alkyl halides is 2. The van der Waals surface area contributed by atoms with Crippen LogP contribution in [-0.2, 0) is 10.3 Å². The van der Waals surface area contributed by atoms with Gasteiger partial charge in [-0.25, -0.2) is 0 Å². The topological polar surface area (TPSA) is 89.2 Å². The Balaban J connectivity index is 2.09. The Kier molecular flexibility index (Phi) is 5.01. The van der Waals surface area contributed by atoms with Crippen LogP contribution < -0.4 is 10.1 Å². The molecule has 1 aliphatic rings. The van der Waals surface area contributed by atoms with E-state index in [4.69, 9.17) is 5.41 Å². The highest BCUT2D eigenvalue weighted by Crippen LogP contribution is 2.41. The molecule has 28 heavy (non-hydrogen) atoms. The average Bonchev–Trinajstić information content (AvgIpc) is 2.67. The van der Waals surface area contributed by atoms with E-state index >= 15 is 0 Å². The van der Waals surface area contributed by atoms with Gasteiger partial charge < -0.3 is 10.1 Å². The molecule has 3 rings (SSSR count). The zero-order valence-corrected chi connectivity index (χ0v) is 15.2. The van der Waals surface area contributed by atoms with Crippen LogP contribution in [0.25, 0.3) is 0 Å². The van der Waals surface area contributed by atoms with Crippen molar-refractivity contribution in [3.05, 3.63) is 65.2 Å². The molecule has 0 unspecified atom stereocenters. The Labute approximate surface area is 160 Å². The number of guanidine groups is 1. The molecule has 144 valence electrons. The largest absolute Gasteiger partial charge is 0.435 e. The average molecular weight is 384 g/mol. The first-order valence-electron chi connectivity index (χ1n) is 8.46. The number of benzene rings is 2. The molecule has 2 aromatic rings. The Morgan fingerprint density at radius 2 is 1.96 bits per heavy atom. The minimum atomic E-state index is -2.94. The Morgan fingerprint density at radius 1 is 1.29 bits per heavy atom. The highest BCUT2D eigenvalue weighted by molar-refractivity contribution is 6.02. The molecule has 2 aromatic carbocycles. The van der Waals surface area contributed by atoms with Gasteiger partial charge >= 0.3 is 6.61 Å². The summed E-state index contributed by atoms with van der Waals surface area (Å²) in [5.74, 6) is -1.15. The third-order valence-corrected chi connectivity index (χ3v) is 4.90. The maximum Gasteiger partial charge on any atom is 0.387 e. The summed E-state index contributed by atoms with van der Waals surface area (Å²) in [5.41, 5.74) is 0.648. The predicted octanol–water partition coefficient (Wildman–Crippen LogP) is 3.16. The number of rotatable bonds is 4. The maximum atomic E-state index is 13.1. The molecule has 0 saturated carbocycles. The third-order valence-electron chi connectivity index (χ3n) is 4.90. The van der Waals surface area contributed by atoms with Crippen LogP contribution >= 0.6 is 0 Å². The van der Waals surface area contributed by atoms with E-state index in [-0.39, 0.29) is 17.6 Å². The standard InChI is InChI=1S/C20H18F2N4O2/c1-20(14-5-3-4-12(10-14)11-23)16(17(27)26(2)19(24)25-20)13-6-8-15(9-7-13)28-18(21)22/h3-10,16,18H,1-2H3,(H2,24,25)/t16-,20+/m0/s1. The number of nitrogens with one attached hydrogen (secondary N) is 2. The summed E-state index contributed by atoms with van der Waals surface area (Å²) in [5, 5.41) is 20.4. The first kappa shape index (κ1) is 19.3. The van der Waals surface area contributed by atoms with E-state index in [0.29, 0.717) is 16.7 Å². The summed E-state index contributed by atoms with van der Waals surface area (Å²) in [7, 11) is 1.49. The molecule has 0 aromatic heterocycles. The van der Waals surface area contributed by atoms with Crippen molar-refractivity contribution in [2.75, 3.05) is 7.05 Å². The Hall–Kier alpha value is -3.47. The van der Waals surface area contributed by atoms with Crippen LogP contribution in [-0.4, -0.2) is 30.4 Å². The van der Waals surface area contributed by atoms with Gasteiger partial charge in [-0.1, -0.05) is 24.3 Å². The summed E-state index contributed by atoms with van der Waals surface area (Å²) in [4.78, 5) is 14.3. The van der Waals surface area contributed by atoms with Crippen LogP contribution in [0.1, 0.15) is 29.5 Å². The second-order valence-corrected chi connectivity index (χ2v) is 6.65. The van der Waals surface area contributed by atoms with Gasteiger partial charge in [0, 0.05) is 7.05 Å². The van der Waals surface area contributed by atoms with E-state index in [0.717, 1.165) is 0 Å². The summed E-state index contributed by atoms with van der Waals surface area (Å²) in [6, 6.07) is 14.7. The normalized spacial score (nSPS) is 22.0. The van der Waals surface area contributed by atoms with Crippen LogP contribution in [0.2, 0.25) is 0 Å². The number of carbonyl (C=O) groups excluding carboxylic acids is 1. The minimum Gasteiger partial charge on any atom is -0.435 e. The van der Waals surface area contributed by atoms with Gasteiger partial charge in [-0.15, -0.1) is 0 Å². The molecule has 1 amide bonds. The van der Waals surface area contributed by atoms with Crippen molar-refractivity contribution in [1.29, 1.82) is 10.7 Å². The van der Waals surface area contributed by atoms with Crippen LogP contribution in [0.15, 0.2) is 48.5 Å². The Morgan fingerprint density at radius 3 is 2.57 bits per heavy atom. The lowest BCUT2D eigenvalue weighted by Gasteiger charge is -2.46. The summed E-state index contributed by atoms with van der Waals surface area (Å²) in [6.07, 6.45) is 0. The summed E-state index contributed by atoms with van der Waals surface area (Å²) < 4.78 is 29.2. The first-order valence-corrected chi connectivity index (χ1v) is 8.46. The molecular weight excluding hydrogens is 366 g/mol. The van der Waals surface area contributed by atoms with Crippen molar-refractivity contribution in [3.8, 4) is 11.8 Å². The van der Waals surface area contributed by atoms with Crippen LogP contribution in [0.4, 0.5) is 8.78 Å². The van der Waals surface area contributed by atoms with Gasteiger partial charge in [-0.2, -0.15) is 14.0 Å². The Bertz CT molecular complexity index is 955. The quantitative estimate of drug-likeness (QED) is 0.847. The fourth-order valence-electron chi connectivity index (χ4n) is 3.42. The molecule has 8 heteroatoms. The van der Waals surface area contributed by atoms with Gasteiger partial charge in [0.25, 0.3) is 0 Å². The number of hydrogen-bond acceptors (Lipinski definition) is 4. The number of ether oxygens (including phenoxy) is 1. The van der Waals surface area contributed by atoms with Crippen molar-refractivity contribution in [3.63, 3.8) is 0 Å². The highest BCUT2D eigenvalue weighted by Gasteiger charge is 2.48. The molecule has 1 aliphatic heterocycles. The van der Waals surface area contributed by atoms with Crippen molar-refractivity contribution < 1.29 is 18.3 Å². The number of amides is 1. The van der Waals surface area contributed by atoms with E-state index in [1.54, 1.807) is 43.3 Å². The molecule has 0 spiro atoms. The number of likely N-dealkylation sites (N-methyl/N-ethyl adjacent to an activating group) is 1. The summed E-state index contributed by atoms with van der Waals surface area (Å²) >= 11 is 0. The van der Waals surface area contributed by atoms with Crippen molar-refractivity contribution in [2.24, 2.45) is 0 Å². The fourth-order valence-corrected chi connectivity index (χ4v) is 3.42. The molecule has 1 fully saturated rings. The number of halogens is 2. The maximum absolute atomic E-state index is 13.1. The van der Waals surface area contributed by atoms with Gasteiger partial charge in [-0.3, -0.25) is 15.1 Å². The molecule has 1 saturated heterocycles. The fraction of sp³-hybridized carbons (Fsp3) is 0.250. The van der Waals surface area contributed by atoms with Crippen LogP contribution in [0, 0.1) is 16.7 Å². The van der Waals surface area contributed by atoms with Gasteiger partial charge in [0.15, 0.2) is 5.96 Å². The zero-order chi connectivity index (χ0) is 20.5. The second kappa shape index (κ2) is 7.27. The number of nitriles is 1. The molecule has 6 nitrogen and oxygen atoms in total. The van der Waals surface area contributed by atoms with Gasteiger partial charge in [0.05, 0.1) is 23.1 Å². The number of hydrogen-bond donors (Lipinski definition) is 2. The molecule has 1 heterocycles. The van der Waals surface area contributed by atoms with Gasteiger partial charge in [0.2, 0.25) is 5.91 Å². The molecule has 0 radical (unpaired) electrons. The van der Waals surface area contributed by atoms with Crippen LogP contribution in [0.3, 0.4) is 0 Å². The lowest BCUT2D eigenvalue weighted by molar-refractivity contribution is -0.131. The van der Waals surface area contributed by atoms with E-state index in [9.17, 15) is 18.8 Å². The third kappa shape index (κ3) is 3.39. The molecule has 0 bridgehead atoms. The minimum absolute atomic E-state index is 0.00996. The number of nitrogens with zero attached hydrogens (tertiary/aromatic N) is 2. The van der Waals surface area contributed by atoms with E-state index in [1.807, 2.05) is 0 Å². The van der Waals surface area contributed by atoms with Crippen molar-refractivity contribution in [1.82, 2.24) is 10.2 Å². The molecular formula is C20H18F2N4O2. The number of carbonyl (C=O) groups is 1. The van der Waals surface area contributed by atoms with E-state index in [1.165, 1.54) is 24.1 Å². The van der Waals surface area contributed by atoms with Crippen molar-refractivity contribution in [2.45, 2.75) is 25.0 Å². The molecule has 2 atom stereocenters. The monoisotopic (exact) mass is 384 g/mol. The zero-order valence-electron chi connectivity index (χ0n) is 15.2. The molecule has 0 aliphatic carbocycles. The van der Waals surface area contributed by atoms with E-state index < -0.39 is 18.1 Å². The SMILES string of the molecule is CN1C(=N)N[C@](C)(c2cccc(C#N)c2)[C@@H](c2ccc(OC(F)F)cc2)C1=O.